The molecular weight excluding hydrogens is 238 g/mol. The zero-order valence-electron chi connectivity index (χ0n) is 11.2. The van der Waals surface area contributed by atoms with Gasteiger partial charge in [-0.15, -0.1) is 0 Å². The smallest absolute Gasteiger partial charge is 0.0626 e. The van der Waals surface area contributed by atoms with Gasteiger partial charge in [0.05, 0.1) is 12.6 Å². The zero-order chi connectivity index (χ0) is 13.9. The van der Waals surface area contributed by atoms with Gasteiger partial charge in [0.25, 0.3) is 0 Å². The van der Waals surface area contributed by atoms with Crippen molar-refractivity contribution in [3.05, 3.63) is 71.8 Å². The van der Waals surface area contributed by atoms with Crippen LogP contribution in [-0.4, -0.2) is 23.9 Å². The molecule has 0 spiro atoms. The Bertz CT molecular complexity index is 431. The van der Waals surface area contributed by atoms with E-state index in [4.69, 9.17) is 5.11 Å². The Kier molecular flexibility index (Phi) is 7.51. The molecule has 3 N–H and O–H groups in total. The maximum Gasteiger partial charge on any atom is 0.0626 e. The fourth-order valence-electron chi connectivity index (χ4n) is 1.81. The van der Waals surface area contributed by atoms with Crippen molar-refractivity contribution in [2.45, 2.75) is 12.6 Å². The van der Waals surface area contributed by atoms with Crippen LogP contribution >= 0.6 is 0 Å². The zero-order valence-corrected chi connectivity index (χ0v) is 11.2. The van der Waals surface area contributed by atoms with E-state index in [0.717, 1.165) is 19.2 Å². The van der Waals surface area contributed by atoms with Crippen molar-refractivity contribution in [2.75, 3.05) is 13.7 Å². The topological polar surface area (TPSA) is 52.5 Å². The van der Waals surface area contributed by atoms with Crippen LogP contribution in [0.1, 0.15) is 17.2 Å². The number of aliphatic hydroxyl groups is 2. The maximum absolute atomic E-state index is 9.39. The average molecular weight is 259 g/mol. The summed E-state index contributed by atoms with van der Waals surface area (Å²) in [5, 5.41) is 19.7. The maximum atomic E-state index is 9.39. The van der Waals surface area contributed by atoms with Gasteiger partial charge in [-0.25, -0.2) is 0 Å². The summed E-state index contributed by atoms with van der Waals surface area (Å²) in [5.74, 6) is 0. The van der Waals surface area contributed by atoms with E-state index in [2.05, 4.69) is 17.4 Å². The van der Waals surface area contributed by atoms with Gasteiger partial charge in [0.2, 0.25) is 0 Å². The third-order valence-electron chi connectivity index (χ3n) is 2.78. The largest absolute Gasteiger partial charge is 0.400 e. The molecule has 0 aliphatic carbocycles. The fraction of sp³-hybridized carbons (Fsp3) is 0.250. The highest BCUT2D eigenvalue weighted by Gasteiger charge is 2.08. The van der Waals surface area contributed by atoms with Gasteiger partial charge in [0.15, 0.2) is 0 Å². The molecule has 102 valence electrons. The molecule has 2 aromatic carbocycles. The molecule has 1 unspecified atom stereocenters. The molecule has 0 aliphatic heterocycles. The minimum Gasteiger partial charge on any atom is -0.400 e. The van der Waals surface area contributed by atoms with Crippen LogP contribution in [0, 0.1) is 0 Å². The minimum atomic E-state index is -0.00333. The molecule has 0 saturated heterocycles. The molecule has 2 rings (SSSR count). The minimum absolute atomic E-state index is 0.00333. The van der Waals surface area contributed by atoms with E-state index in [9.17, 15) is 5.11 Å². The van der Waals surface area contributed by atoms with Crippen LogP contribution < -0.4 is 5.32 Å². The third kappa shape index (κ3) is 5.22. The summed E-state index contributed by atoms with van der Waals surface area (Å²) in [6.07, 6.45) is 0. The van der Waals surface area contributed by atoms with Crippen molar-refractivity contribution < 1.29 is 10.2 Å². The molecule has 0 heterocycles. The van der Waals surface area contributed by atoms with Crippen LogP contribution in [0.4, 0.5) is 0 Å². The first kappa shape index (κ1) is 15.4. The SMILES string of the molecule is CO.OCC(NCc1ccccc1)c1ccccc1. The molecule has 0 fully saturated rings. The number of rotatable bonds is 5. The van der Waals surface area contributed by atoms with E-state index in [1.54, 1.807) is 0 Å². The first-order valence-electron chi connectivity index (χ1n) is 6.28. The first-order valence-corrected chi connectivity index (χ1v) is 6.28. The van der Waals surface area contributed by atoms with Crippen molar-refractivity contribution in [3.63, 3.8) is 0 Å². The Morgan fingerprint density at radius 2 is 1.42 bits per heavy atom. The second kappa shape index (κ2) is 9.28. The molecule has 19 heavy (non-hydrogen) atoms. The highest BCUT2D eigenvalue weighted by atomic mass is 16.3. The highest BCUT2D eigenvalue weighted by Crippen LogP contribution is 2.12. The molecule has 3 nitrogen and oxygen atoms in total. The van der Waals surface area contributed by atoms with E-state index < -0.39 is 0 Å². The van der Waals surface area contributed by atoms with Gasteiger partial charge in [-0.3, -0.25) is 0 Å². The van der Waals surface area contributed by atoms with Gasteiger partial charge in [-0.1, -0.05) is 60.7 Å². The number of hydrogen-bond donors (Lipinski definition) is 3. The lowest BCUT2D eigenvalue weighted by atomic mass is 10.1. The average Bonchev–Trinajstić information content (AvgIpc) is 2.52. The lowest BCUT2D eigenvalue weighted by Gasteiger charge is -2.16. The molecular formula is C16H21NO2. The molecule has 3 heteroatoms. The predicted molar refractivity (Wildman–Crippen MR) is 77.7 cm³/mol. The second-order valence-electron chi connectivity index (χ2n) is 4.01. The van der Waals surface area contributed by atoms with Crippen LogP contribution in [-0.2, 0) is 6.54 Å². The van der Waals surface area contributed by atoms with E-state index in [0.29, 0.717) is 0 Å². The summed E-state index contributed by atoms with van der Waals surface area (Å²) in [6.45, 7) is 0.873. The van der Waals surface area contributed by atoms with Crippen molar-refractivity contribution in [1.29, 1.82) is 0 Å². The number of aliphatic hydroxyl groups excluding tert-OH is 2. The van der Waals surface area contributed by atoms with Crippen LogP contribution in [0.25, 0.3) is 0 Å². The van der Waals surface area contributed by atoms with Crippen LogP contribution in [0.3, 0.4) is 0 Å². The quantitative estimate of drug-likeness (QED) is 0.771. The monoisotopic (exact) mass is 259 g/mol. The lowest BCUT2D eigenvalue weighted by molar-refractivity contribution is 0.243. The molecule has 0 radical (unpaired) electrons. The van der Waals surface area contributed by atoms with Crippen molar-refractivity contribution in [2.24, 2.45) is 0 Å². The summed E-state index contributed by atoms with van der Waals surface area (Å²) in [4.78, 5) is 0. The van der Waals surface area contributed by atoms with E-state index in [1.165, 1.54) is 5.56 Å². The van der Waals surface area contributed by atoms with Crippen LogP contribution in [0.5, 0.6) is 0 Å². The highest BCUT2D eigenvalue weighted by molar-refractivity contribution is 5.20. The third-order valence-corrected chi connectivity index (χ3v) is 2.78. The van der Waals surface area contributed by atoms with Gasteiger partial charge >= 0.3 is 0 Å². The summed E-state index contributed by atoms with van der Waals surface area (Å²) >= 11 is 0. The summed E-state index contributed by atoms with van der Waals surface area (Å²) in [5.41, 5.74) is 2.34. The Morgan fingerprint density at radius 3 is 1.95 bits per heavy atom. The lowest BCUT2D eigenvalue weighted by Crippen LogP contribution is -2.23. The van der Waals surface area contributed by atoms with E-state index in [-0.39, 0.29) is 12.6 Å². The van der Waals surface area contributed by atoms with E-state index >= 15 is 0 Å². The first-order chi connectivity index (χ1) is 9.40. The summed E-state index contributed by atoms with van der Waals surface area (Å²) < 4.78 is 0. The van der Waals surface area contributed by atoms with E-state index in [1.807, 2.05) is 48.5 Å². The van der Waals surface area contributed by atoms with Gasteiger partial charge < -0.3 is 15.5 Å². The molecule has 0 bridgehead atoms. The molecule has 1 atom stereocenters. The van der Waals surface area contributed by atoms with Crippen molar-refractivity contribution in [1.82, 2.24) is 5.32 Å². The Balaban J connectivity index is 0.000000861. The fourth-order valence-corrected chi connectivity index (χ4v) is 1.81. The summed E-state index contributed by atoms with van der Waals surface area (Å²) in [6, 6.07) is 20.2. The number of nitrogens with one attached hydrogen (secondary N) is 1. The molecule has 0 aromatic heterocycles. The van der Waals surface area contributed by atoms with Gasteiger partial charge in [0, 0.05) is 13.7 Å². The van der Waals surface area contributed by atoms with Gasteiger partial charge in [-0.05, 0) is 11.1 Å². The molecule has 0 saturated carbocycles. The number of hydrogen-bond acceptors (Lipinski definition) is 3. The Labute approximate surface area is 114 Å². The van der Waals surface area contributed by atoms with Crippen LogP contribution in [0.15, 0.2) is 60.7 Å². The predicted octanol–water partition coefficient (Wildman–Crippen LogP) is 2.12. The van der Waals surface area contributed by atoms with Crippen LogP contribution in [0.2, 0.25) is 0 Å². The van der Waals surface area contributed by atoms with Crippen molar-refractivity contribution in [3.8, 4) is 0 Å². The van der Waals surface area contributed by atoms with Gasteiger partial charge in [-0.2, -0.15) is 0 Å². The van der Waals surface area contributed by atoms with Crippen molar-refractivity contribution >= 4 is 0 Å². The second-order valence-corrected chi connectivity index (χ2v) is 4.01. The molecule has 0 amide bonds. The van der Waals surface area contributed by atoms with Gasteiger partial charge in [0.1, 0.15) is 0 Å². The molecule has 0 aliphatic rings. The normalized spacial score (nSPS) is 11.3. The molecule has 2 aromatic rings. The summed E-state index contributed by atoms with van der Waals surface area (Å²) in [7, 11) is 1.00. The number of benzene rings is 2. The Hall–Kier alpha value is -1.68. The Morgan fingerprint density at radius 1 is 0.895 bits per heavy atom. The standard InChI is InChI=1S/C15H17NO.CH4O/c17-12-15(14-9-5-2-6-10-14)16-11-13-7-3-1-4-8-13;1-2/h1-10,15-17H,11-12H2;2H,1H3.